The predicted octanol–water partition coefficient (Wildman–Crippen LogP) is 5.65. The molecule has 298 valence electrons. The van der Waals surface area contributed by atoms with Gasteiger partial charge in [-0.25, -0.2) is 14.8 Å². The van der Waals surface area contributed by atoms with E-state index in [2.05, 4.69) is 30.5 Å². The molecule has 2 aliphatic rings. The van der Waals surface area contributed by atoms with Gasteiger partial charge in [-0.05, 0) is 57.9 Å². The molecule has 4 amide bonds. The first kappa shape index (κ1) is 40.0. The van der Waals surface area contributed by atoms with Crippen molar-refractivity contribution in [3.05, 3.63) is 76.0 Å². The second-order valence-electron chi connectivity index (χ2n) is 14.4. The van der Waals surface area contributed by atoms with Crippen LogP contribution >= 0.6 is 11.6 Å². The number of methoxy groups -OCH3 is 1. The molecule has 56 heavy (non-hydrogen) atoms. The van der Waals surface area contributed by atoms with Gasteiger partial charge in [0.15, 0.2) is 5.82 Å². The molecule has 0 radical (unpaired) electrons. The van der Waals surface area contributed by atoms with Gasteiger partial charge in [-0.1, -0.05) is 17.7 Å². The molecular formula is C37H41ClF3N9O6. The van der Waals surface area contributed by atoms with E-state index in [9.17, 15) is 32.3 Å². The average molecular weight is 800 g/mol. The summed E-state index contributed by atoms with van der Waals surface area (Å²) in [5, 5.41) is 8.66. The van der Waals surface area contributed by atoms with Gasteiger partial charge in [-0.2, -0.15) is 18.3 Å². The van der Waals surface area contributed by atoms with E-state index in [0.29, 0.717) is 52.1 Å². The van der Waals surface area contributed by atoms with Crippen LogP contribution in [0.5, 0.6) is 5.88 Å². The number of anilines is 1. The van der Waals surface area contributed by atoms with Crippen molar-refractivity contribution in [2.24, 2.45) is 5.92 Å². The molecule has 0 spiro atoms. The summed E-state index contributed by atoms with van der Waals surface area (Å²) in [5.41, 5.74) is -1.07. The van der Waals surface area contributed by atoms with Crippen molar-refractivity contribution in [2.75, 3.05) is 51.7 Å². The molecule has 19 heteroatoms. The number of H-pyrrole nitrogens is 2. The van der Waals surface area contributed by atoms with Crippen LogP contribution in [0.4, 0.5) is 23.7 Å². The average Bonchev–Trinajstić information content (AvgIpc) is 3.82. The summed E-state index contributed by atoms with van der Waals surface area (Å²) in [6, 6.07) is 9.02. The van der Waals surface area contributed by atoms with Gasteiger partial charge in [0.1, 0.15) is 17.0 Å². The number of hydrogen-bond donors (Lipinski definition) is 3. The lowest BCUT2D eigenvalue weighted by atomic mass is 9.95. The Hall–Kier alpha value is -5.65. The third kappa shape index (κ3) is 9.23. The van der Waals surface area contributed by atoms with E-state index in [1.807, 2.05) is 20.8 Å². The molecule has 6 rings (SSSR count). The number of hydrogen-bond acceptors (Lipinski definition) is 9. The first-order chi connectivity index (χ1) is 26.5. The summed E-state index contributed by atoms with van der Waals surface area (Å²) in [6.45, 7) is 7.61. The van der Waals surface area contributed by atoms with Crippen LogP contribution in [0.3, 0.4) is 0 Å². The summed E-state index contributed by atoms with van der Waals surface area (Å²) in [5.74, 6) is -1.21. The van der Waals surface area contributed by atoms with Crippen molar-refractivity contribution in [1.82, 2.24) is 39.8 Å². The number of aromatic nitrogens is 5. The number of piperidine rings is 1. The summed E-state index contributed by atoms with van der Waals surface area (Å²) in [6.07, 6.45) is -3.11. The van der Waals surface area contributed by atoms with Gasteiger partial charge >= 0.3 is 12.3 Å². The maximum atomic E-state index is 13.9. The van der Waals surface area contributed by atoms with Crippen LogP contribution in [0.25, 0.3) is 11.4 Å². The molecule has 5 heterocycles. The summed E-state index contributed by atoms with van der Waals surface area (Å²) in [4.78, 5) is 68.2. The molecule has 3 N–H and O–H groups in total. The smallest absolute Gasteiger partial charge is 0.433 e. The van der Waals surface area contributed by atoms with E-state index >= 15 is 0 Å². The maximum absolute atomic E-state index is 13.9. The zero-order chi connectivity index (χ0) is 40.4. The number of rotatable bonds is 8. The fourth-order valence-electron chi connectivity index (χ4n) is 6.55. The number of carbonyl (C=O) groups excluding carboxylic acids is 4. The molecule has 4 aromatic rings. The number of carbonyl (C=O) groups is 4. The Morgan fingerprint density at radius 3 is 2.30 bits per heavy atom. The van der Waals surface area contributed by atoms with E-state index in [4.69, 9.17) is 21.1 Å². The van der Waals surface area contributed by atoms with Crippen molar-refractivity contribution in [1.29, 1.82) is 0 Å². The summed E-state index contributed by atoms with van der Waals surface area (Å²) in [7, 11) is 1.38. The number of nitrogens with zero attached hydrogens (tertiary/aromatic N) is 6. The molecule has 0 atom stereocenters. The Balaban J connectivity index is 1.03. The van der Waals surface area contributed by atoms with E-state index in [1.54, 1.807) is 26.8 Å². The Kier molecular flexibility index (Phi) is 11.6. The number of piperazine rings is 1. The van der Waals surface area contributed by atoms with Crippen molar-refractivity contribution in [3.8, 4) is 17.3 Å². The number of halogens is 4. The van der Waals surface area contributed by atoms with Gasteiger partial charge in [0, 0.05) is 80.8 Å². The lowest BCUT2D eigenvalue weighted by molar-refractivity contribution is -0.141. The topological polar surface area (TPSA) is 179 Å². The minimum atomic E-state index is -4.75. The monoisotopic (exact) mass is 799 g/mol. The van der Waals surface area contributed by atoms with Crippen LogP contribution in [0, 0.1) is 5.92 Å². The molecule has 3 aromatic heterocycles. The van der Waals surface area contributed by atoms with Crippen LogP contribution in [0.2, 0.25) is 5.02 Å². The molecular weight excluding hydrogens is 759 g/mol. The standard InChI is InChI=1S/C37H41ClF3N9O6/c1-36(2,3)56-35(54)50-12-10-21(11-13-50)33(52)48-14-16-49(17-15-48)34(53)24-9-8-22(19-26(24)38)44-32(51)31-42-20-23(43-31)18-25-29(46-47-30(25)37(39,40)41)27-6-5-7-28(45-27)55-4/h5-9,19-21H,10-18H2,1-4H3,(H,42,43)(H,44,51)(H,46,47). The van der Waals surface area contributed by atoms with Crippen LogP contribution in [0.1, 0.15) is 71.5 Å². The number of ether oxygens (including phenoxy) is 2. The number of imidazole rings is 1. The predicted molar refractivity (Wildman–Crippen MR) is 197 cm³/mol. The molecule has 0 unspecified atom stereocenters. The van der Waals surface area contributed by atoms with Gasteiger partial charge in [0.25, 0.3) is 11.8 Å². The molecule has 1 aromatic carbocycles. The van der Waals surface area contributed by atoms with Crippen LogP contribution in [-0.2, 0) is 22.1 Å². The summed E-state index contributed by atoms with van der Waals surface area (Å²) < 4.78 is 52.3. The normalized spacial score (nSPS) is 15.5. The highest BCUT2D eigenvalue weighted by molar-refractivity contribution is 6.34. The lowest BCUT2D eigenvalue weighted by Crippen LogP contribution is -2.53. The highest BCUT2D eigenvalue weighted by Crippen LogP contribution is 2.36. The van der Waals surface area contributed by atoms with Crippen molar-refractivity contribution >= 4 is 41.1 Å². The Labute approximate surface area is 324 Å². The van der Waals surface area contributed by atoms with Crippen molar-refractivity contribution < 1.29 is 41.8 Å². The number of nitrogens with one attached hydrogen (secondary N) is 3. The molecule has 0 saturated carbocycles. The fourth-order valence-corrected chi connectivity index (χ4v) is 6.81. The third-order valence-electron chi connectivity index (χ3n) is 9.37. The Bertz CT molecular complexity index is 2100. The van der Waals surface area contributed by atoms with E-state index < -0.39 is 23.4 Å². The van der Waals surface area contributed by atoms with Gasteiger partial charge in [0.2, 0.25) is 11.8 Å². The molecule has 15 nitrogen and oxygen atoms in total. The molecule has 2 saturated heterocycles. The molecule has 0 bridgehead atoms. The molecule has 2 aliphatic heterocycles. The maximum Gasteiger partial charge on any atom is 0.433 e. The SMILES string of the molecule is COc1cccc(-c2n[nH]c(C(F)(F)F)c2Cc2cnc(C(=O)Nc3ccc(C(=O)N4CCN(C(=O)C5CCN(C(=O)OC(C)(C)C)CC5)CC4)c(Cl)c3)[nH]2)n1. The zero-order valence-electron chi connectivity index (χ0n) is 31.1. The van der Waals surface area contributed by atoms with Crippen LogP contribution in [0.15, 0.2) is 42.6 Å². The zero-order valence-corrected chi connectivity index (χ0v) is 31.9. The number of aromatic amines is 2. The number of pyridine rings is 1. The Morgan fingerprint density at radius 2 is 1.66 bits per heavy atom. The summed E-state index contributed by atoms with van der Waals surface area (Å²) >= 11 is 6.51. The van der Waals surface area contributed by atoms with Crippen LogP contribution < -0.4 is 10.1 Å². The van der Waals surface area contributed by atoms with Gasteiger partial charge in [-0.3, -0.25) is 19.5 Å². The van der Waals surface area contributed by atoms with E-state index in [-0.39, 0.29) is 80.9 Å². The minimum Gasteiger partial charge on any atom is -0.481 e. The largest absolute Gasteiger partial charge is 0.481 e. The number of amides is 4. The number of alkyl halides is 3. The van der Waals surface area contributed by atoms with E-state index in [1.165, 1.54) is 37.6 Å². The Morgan fingerprint density at radius 1 is 0.964 bits per heavy atom. The quantitative estimate of drug-likeness (QED) is 0.203. The minimum absolute atomic E-state index is 0.00515. The number of benzene rings is 1. The van der Waals surface area contributed by atoms with E-state index in [0.717, 1.165) is 0 Å². The lowest BCUT2D eigenvalue weighted by Gasteiger charge is -2.38. The molecule has 2 fully saturated rings. The van der Waals surface area contributed by atoms with Gasteiger partial charge in [0.05, 0.1) is 23.4 Å². The second kappa shape index (κ2) is 16.2. The van der Waals surface area contributed by atoms with Crippen LogP contribution in [-0.4, -0.2) is 116 Å². The van der Waals surface area contributed by atoms with Crippen molar-refractivity contribution in [2.45, 2.75) is 51.8 Å². The highest BCUT2D eigenvalue weighted by atomic mass is 35.5. The second-order valence-corrected chi connectivity index (χ2v) is 14.8. The van der Waals surface area contributed by atoms with Gasteiger partial charge < -0.3 is 34.5 Å². The van der Waals surface area contributed by atoms with Gasteiger partial charge in [-0.15, -0.1) is 0 Å². The number of likely N-dealkylation sites (tertiary alicyclic amines) is 1. The first-order valence-electron chi connectivity index (χ1n) is 17.9. The third-order valence-corrected chi connectivity index (χ3v) is 9.68. The van der Waals surface area contributed by atoms with Crippen molar-refractivity contribution in [3.63, 3.8) is 0 Å². The first-order valence-corrected chi connectivity index (χ1v) is 18.2. The fraction of sp³-hybridized carbons (Fsp3) is 0.432. The molecule has 0 aliphatic carbocycles. The highest BCUT2D eigenvalue weighted by Gasteiger charge is 2.38.